The van der Waals surface area contributed by atoms with Crippen LogP contribution in [0.1, 0.15) is 23.5 Å². The van der Waals surface area contributed by atoms with Crippen molar-refractivity contribution in [3.05, 3.63) is 17.1 Å². The molecule has 0 saturated heterocycles. The Balaban J connectivity index is 2.87. The second-order valence-electron chi connectivity index (χ2n) is 5.11. The molecule has 0 aromatic carbocycles. The zero-order valence-corrected chi connectivity index (χ0v) is 13.7. The SMILES string of the molecule is CNCc1c(C)oc(C)c1S(=O)(=O)NCCCN(C)C. The average Bonchev–Trinajstić information content (AvgIpc) is 2.61. The fourth-order valence-electron chi connectivity index (χ4n) is 2.12. The molecule has 0 aliphatic heterocycles. The summed E-state index contributed by atoms with van der Waals surface area (Å²) in [5, 5.41) is 2.97. The van der Waals surface area contributed by atoms with Gasteiger partial charge in [-0.1, -0.05) is 0 Å². The van der Waals surface area contributed by atoms with Gasteiger partial charge in [0.2, 0.25) is 10.0 Å². The number of nitrogens with one attached hydrogen (secondary N) is 2. The van der Waals surface area contributed by atoms with Crippen LogP contribution in [0.5, 0.6) is 0 Å². The zero-order chi connectivity index (χ0) is 15.3. The predicted octanol–water partition coefficient (Wildman–Crippen LogP) is 0.846. The average molecular weight is 303 g/mol. The molecule has 0 saturated carbocycles. The molecule has 6 nitrogen and oxygen atoms in total. The summed E-state index contributed by atoms with van der Waals surface area (Å²) >= 11 is 0. The van der Waals surface area contributed by atoms with Gasteiger partial charge in [0.25, 0.3) is 0 Å². The third-order valence-electron chi connectivity index (χ3n) is 3.02. The van der Waals surface area contributed by atoms with Crippen molar-refractivity contribution >= 4 is 10.0 Å². The highest BCUT2D eigenvalue weighted by Gasteiger charge is 2.25. The van der Waals surface area contributed by atoms with Crippen molar-refractivity contribution in [3.63, 3.8) is 0 Å². The maximum atomic E-state index is 12.4. The van der Waals surface area contributed by atoms with Crippen LogP contribution >= 0.6 is 0 Å². The quantitative estimate of drug-likeness (QED) is 0.696. The summed E-state index contributed by atoms with van der Waals surface area (Å²) < 4.78 is 32.9. The molecule has 0 spiro atoms. The maximum absolute atomic E-state index is 12.4. The van der Waals surface area contributed by atoms with E-state index >= 15 is 0 Å². The second-order valence-corrected chi connectivity index (χ2v) is 6.81. The van der Waals surface area contributed by atoms with E-state index in [2.05, 4.69) is 10.0 Å². The van der Waals surface area contributed by atoms with Crippen LogP contribution in [0.4, 0.5) is 0 Å². The molecule has 1 rings (SSSR count). The normalized spacial score (nSPS) is 12.3. The molecule has 1 heterocycles. The first-order chi connectivity index (χ1) is 9.29. The van der Waals surface area contributed by atoms with Crippen molar-refractivity contribution in [3.8, 4) is 0 Å². The zero-order valence-electron chi connectivity index (χ0n) is 12.9. The number of rotatable bonds is 8. The summed E-state index contributed by atoms with van der Waals surface area (Å²) in [6, 6.07) is 0. The molecular formula is C13H25N3O3S. The van der Waals surface area contributed by atoms with Crippen LogP contribution in [0.15, 0.2) is 9.31 Å². The van der Waals surface area contributed by atoms with Crippen LogP contribution < -0.4 is 10.0 Å². The molecule has 7 heteroatoms. The number of sulfonamides is 1. The van der Waals surface area contributed by atoms with Crippen LogP contribution in [0.25, 0.3) is 0 Å². The van der Waals surface area contributed by atoms with Gasteiger partial charge in [-0.25, -0.2) is 13.1 Å². The molecule has 0 radical (unpaired) electrons. The first-order valence-corrected chi connectivity index (χ1v) is 8.15. The molecule has 0 aliphatic carbocycles. The molecule has 0 atom stereocenters. The number of hydrogen-bond donors (Lipinski definition) is 2. The molecule has 116 valence electrons. The third-order valence-corrected chi connectivity index (χ3v) is 4.68. The summed E-state index contributed by atoms with van der Waals surface area (Å²) in [4.78, 5) is 2.29. The highest BCUT2D eigenvalue weighted by Crippen LogP contribution is 2.26. The predicted molar refractivity (Wildman–Crippen MR) is 79.3 cm³/mol. The van der Waals surface area contributed by atoms with Gasteiger partial charge in [-0.3, -0.25) is 0 Å². The Kier molecular flexibility index (Phi) is 6.19. The summed E-state index contributed by atoms with van der Waals surface area (Å²) in [5.41, 5.74) is 0.699. The topological polar surface area (TPSA) is 74.6 Å². The monoisotopic (exact) mass is 303 g/mol. The van der Waals surface area contributed by atoms with E-state index in [4.69, 9.17) is 4.42 Å². The van der Waals surface area contributed by atoms with E-state index in [0.29, 0.717) is 30.2 Å². The summed E-state index contributed by atoms with van der Waals surface area (Å²) in [5.74, 6) is 1.08. The van der Waals surface area contributed by atoms with Crippen molar-refractivity contribution in [1.29, 1.82) is 0 Å². The van der Waals surface area contributed by atoms with E-state index in [1.165, 1.54) is 0 Å². The third kappa shape index (κ3) is 4.31. The largest absolute Gasteiger partial charge is 0.465 e. The molecule has 20 heavy (non-hydrogen) atoms. The minimum absolute atomic E-state index is 0.272. The van der Waals surface area contributed by atoms with Crippen LogP contribution in [0.3, 0.4) is 0 Å². The van der Waals surface area contributed by atoms with E-state index in [-0.39, 0.29) is 4.90 Å². The Bertz CT molecular complexity index is 535. The molecule has 0 unspecified atom stereocenters. The van der Waals surface area contributed by atoms with Gasteiger partial charge in [0, 0.05) is 18.7 Å². The lowest BCUT2D eigenvalue weighted by Gasteiger charge is -2.11. The van der Waals surface area contributed by atoms with Gasteiger partial charge < -0.3 is 14.6 Å². The van der Waals surface area contributed by atoms with Crippen LogP contribution in [0, 0.1) is 13.8 Å². The Hall–Kier alpha value is -0.890. The molecule has 0 bridgehead atoms. The molecular weight excluding hydrogens is 278 g/mol. The van der Waals surface area contributed by atoms with Crippen molar-refractivity contribution < 1.29 is 12.8 Å². The first kappa shape index (κ1) is 17.2. The van der Waals surface area contributed by atoms with Gasteiger partial charge in [0.1, 0.15) is 16.4 Å². The smallest absolute Gasteiger partial charge is 0.244 e. The lowest BCUT2D eigenvalue weighted by atomic mass is 10.2. The van der Waals surface area contributed by atoms with Crippen molar-refractivity contribution in [2.45, 2.75) is 31.7 Å². The van der Waals surface area contributed by atoms with Crippen LogP contribution in [0.2, 0.25) is 0 Å². The number of aryl methyl sites for hydroxylation is 2. The molecule has 0 aliphatic rings. The standard InChI is InChI=1S/C13H25N3O3S/c1-10-12(9-14-3)13(11(2)19-10)20(17,18)15-7-6-8-16(4)5/h14-15H,6-9H2,1-5H3. The number of hydrogen-bond acceptors (Lipinski definition) is 5. The first-order valence-electron chi connectivity index (χ1n) is 6.67. The van der Waals surface area contributed by atoms with E-state index < -0.39 is 10.0 Å². The van der Waals surface area contributed by atoms with Crippen LogP contribution in [-0.2, 0) is 16.6 Å². The molecule has 1 aromatic rings. The van der Waals surface area contributed by atoms with Gasteiger partial charge in [0.15, 0.2) is 0 Å². The minimum atomic E-state index is -3.52. The Morgan fingerprint density at radius 3 is 2.40 bits per heavy atom. The molecule has 1 aromatic heterocycles. The van der Waals surface area contributed by atoms with Crippen molar-refractivity contribution in [1.82, 2.24) is 14.9 Å². The number of furan rings is 1. The van der Waals surface area contributed by atoms with E-state index in [1.807, 2.05) is 19.0 Å². The molecule has 2 N–H and O–H groups in total. The minimum Gasteiger partial charge on any atom is -0.465 e. The van der Waals surface area contributed by atoms with Gasteiger partial charge in [-0.05, 0) is 48.0 Å². The van der Waals surface area contributed by atoms with E-state index in [0.717, 1.165) is 13.0 Å². The van der Waals surface area contributed by atoms with Crippen molar-refractivity contribution in [2.24, 2.45) is 0 Å². The van der Waals surface area contributed by atoms with Crippen LogP contribution in [-0.4, -0.2) is 47.6 Å². The highest BCUT2D eigenvalue weighted by atomic mass is 32.2. The molecule has 0 fully saturated rings. The maximum Gasteiger partial charge on any atom is 0.244 e. The lowest BCUT2D eigenvalue weighted by molar-refractivity contribution is 0.400. The Labute approximate surface area is 121 Å². The summed E-state index contributed by atoms with van der Waals surface area (Å²) in [6.45, 7) is 5.20. The fraction of sp³-hybridized carbons (Fsp3) is 0.692. The van der Waals surface area contributed by atoms with Gasteiger partial charge in [-0.15, -0.1) is 0 Å². The fourth-order valence-corrected chi connectivity index (χ4v) is 3.63. The van der Waals surface area contributed by atoms with Gasteiger partial charge in [0.05, 0.1) is 0 Å². The lowest BCUT2D eigenvalue weighted by Crippen LogP contribution is -2.28. The van der Waals surface area contributed by atoms with E-state index in [9.17, 15) is 8.42 Å². The number of nitrogens with zero attached hydrogens (tertiary/aromatic N) is 1. The van der Waals surface area contributed by atoms with Gasteiger partial charge >= 0.3 is 0 Å². The summed E-state index contributed by atoms with van der Waals surface area (Å²) in [7, 11) is 2.18. The highest BCUT2D eigenvalue weighted by molar-refractivity contribution is 7.89. The van der Waals surface area contributed by atoms with Gasteiger partial charge in [-0.2, -0.15) is 0 Å². The van der Waals surface area contributed by atoms with Crippen molar-refractivity contribution in [2.75, 3.05) is 34.2 Å². The van der Waals surface area contributed by atoms with E-state index in [1.54, 1.807) is 20.9 Å². The Morgan fingerprint density at radius 1 is 1.20 bits per heavy atom. The summed E-state index contributed by atoms with van der Waals surface area (Å²) in [6.07, 6.45) is 0.767. The Morgan fingerprint density at radius 2 is 1.85 bits per heavy atom. The second kappa shape index (κ2) is 7.21. The molecule has 0 amide bonds.